The lowest BCUT2D eigenvalue weighted by Gasteiger charge is -2.28. The molecule has 0 saturated carbocycles. The number of carbonyl (C=O) groups is 1. The number of pyridine rings is 1. The molecule has 5 heteroatoms. The van der Waals surface area contributed by atoms with Gasteiger partial charge in [0.25, 0.3) is 11.5 Å². The maximum absolute atomic E-state index is 12.4. The van der Waals surface area contributed by atoms with E-state index < -0.39 is 0 Å². The van der Waals surface area contributed by atoms with Crippen LogP contribution in [0.15, 0.2) is 35.1 Å². The summed E-state index contributed by atoms with van der Waals surface area (Å²) in [7, 11) is 0. The van der Waals surface area contributed by atoms with Crippen LogP contribution in [-0.4, -0.2) is 35.4 Å². The summed E-state index contributed by atoms with van der Waals surface area (Å²) in [5.41, 5.74) is 4.86. The second kappa shape index (κ2) is 6.84. The van der Waals surface area contributed by atoms with Crippen LogP contribution in [0, 0.1) is 0 Å². The van der Waals surface area contributed by atoms with Gasteiger partial charge in [-0.15, -0.1) is 0 Å². The Bertz CT molecular complexity index is 856. The Labute approximate surface area is 147 Å². The van der Waals surface area contributed by atoms with Crippen LogP contribution in [0.1, 0.15) is 39.2 Å². The third-order valence-corrected chi connectivity index (χ3v) is 5.26. The van der Waals surface area contributed by atoms with Crippen LogP contribution < -0.4 is 10.9 Å². The summed E-state index contributed by atoms with van der Waals surface area (Å²) >= 11 is 0. The summed E-state index contributed by atoms with van der Waals surface area (Å²) in [6.45, 7) is 3.28. The number of carbonyl (C=O) groups excluding carboxylic acids is 1. The zero-order valence-electron chi connectivity index (χ0n) is 14.3. The third kappa shape index (κ3) is 3.37. The van der Waals surface area contributed by atoms with E-state index >= 15 is 0 Å². The van der Waals surface area contributed by atoms with Gasteiger partial charge in [-0.05, 0) is 48.4 Å². The Hall–Kier alpha value is -2.40. The molecule has 4 rings (SSSR count). The Morgan fingerprint density at radius 1 is 1.12 bits per heavy atom. The predicted octanol–water partition coefficient (Wildman–Crippen LogP) is 1.65. The van der Waals surface area contributed by atoms with Gasteiger partial charge < -0.3 is 10.3 Å². The number of rotatable bonds is 4. The average molecular weight is 337 g/mol. The molecule has 0 bridgehead atoms. The first-order valence-electron chi connectivity index (χ1n) is 9.03. The summed E-state index contributed by atoms with van der Waals surface area (Å²) in [6.07, 6.45) is 3.95. The number of amides is 1. The highest BCUT2D eigenvalue weighted by atomic mass is 16.2. The molecular weight excluding hydrogens is 314 g/mol. The predicted molar refractivity (Wildman–Crippen MR) is 96.8 cm³/mol. The highest BCUT2D eigenvalue weighted by Crippen LogP contribution is 2.19. The lowest BCUT2D eigenvalue weighted by atomic mass is 10.00. The Balaban J connectivity index is 1.34. The molecule has 1 amide bonds. The molecule has 2 heterocycles. The van der Waals surface area contributed by atoms with E-state index in [1.807, 2.05) is 0 Å². The maximum atomic E-state index is 12.4. The summed E-state index contributed by atoms with van der Waals surface area (Å²) < 4.78 is 0. The number of nitrogens with zero attached hydrogens (tertiary/aromatic N) is 1. The molecule has 1 aliphatic carbocycles. The molecule has 25 heavy (non-hydrogen) atoms. The van der Waals surface area contributed by atoms with Crippen LogP contribution in [0.4, 0.5) is 0 Å². The number of aromatic amines is 1. The first kappa shape index (κ1) is 16.1. The van der Waals surface area contributed by atoms with Gasteiger partial charge in [-0.25, -0.2) is 0 Å². The number of aryl methyl sites for hydroxylation is 2. The van der Waals surface area contributed by atoms with Crippen molar-refractivity contribution in [1.29, 1.82) is 0 Å². The highest BCUT2D eigenvalue weighted by molar-refractivity contribution is 5.94. The van der Waals surface area contributed by atoms with Crippen LogP contribution in [0.25, 0.3) is 0 Å². The topological polar surface area (TPSA) is 65.2 Å². The van der Waals surface area contributed by atoms with Gasteiger partial charge in [-0.3, -0.25) is 14.5 Å². The fraction of sp³-hybridized carbons (Fsp3) is 0.400. The lowest BCUT2D eigenvalue weighted by Crippen LogP contribution is -2.39. The van der Waals surface area contributed by atoms with E-state index in [0.717, 1.165) is 56.6 Å². The molecule has 5 nitrogen and oxygen atoms in total. The molecule has 0 saturated heterocycles. The summed E-state index contributed by atoms with van der Waals surface area (Å²) in [6, 6.07) is 10.3. The minimum Gasteiger partial charge on any atom is -0.351 e. The number of H-pyrrole nitrogens is 1. The number of hydrogen-bond acceptors (Lipinski definition) is 3. The molecule has 130 valence electrons. The van der Waals surface area contributed by atoms with Crippen LogP contribution in [-0.2, 0) is 25.8 Å². The van der Waals surface area contributed by atoms with Gasteiger partial charge in [-0.1, -0.05) is 24.3 Å². The number of aromatic nitrogens is 1. The molecule has 2 aliphatic rings. The molecule has 0 atom stereocenters. The summed E-state index contributed by atoms with van der Waals surface area (Å²) in [4.78, 5) is 29.7. The zero-order chi connectivity index (χ0) is 17.2. The fourth-order valence-electron chi connectivity index (χ4n) is 3.85. The van der Waals surface area contributed by atoms with Crippen molar-refractivity contribution >= 4 is 5.91 Å². The number of benzene rings is 1. The Kier molecular flexibility index (Phi) is 4.40. The summed E-state index contributed by atoms with van der Waals surface area (Å²) in [5.74, 6) is -0.270. The molecule has 0 spiro atoms. The quantitative estimate of drug-likeness (QED) is 0.892. The van der Waals surface area contributed by atoms with Crippen molar-refractivity contribution in [3.8, 4) is 0 Å². The van der Waals surface area contributed by atoms with E-state index in [9.17, 15) is 9.59 Å². The van der Waals surface area contributed by atoms with Gasteiger partial charge >= 0.3 is 0 Å². The van der Waals surface area contributed by atoms with Crippen molar-refractivity contribution in [2.24, 2.45) is 0 Å². The van der Waals surface area contributed by atoms with Gasteiger partial charge in [0.15, 0.2) is 0 Å². The van der Waals surface area contributed by atoms with Gasteiger partial charge in [-0.2, -0.15) is 0 Å². The molecular formula is C20H23N3O2. The zero-order valence-corrected chi connectivity index (χ0v) is 14.3. The van der Waals surface area contributed by atoms with E-state index in [4.69, 9.17) is 0 Å². The second-order valence-corrected chi connectivity index (χ2v) is 6.92. The minimum atomic E-state index is -0.273. The average Bonchev–Trinajstić information content (AvgIpc) is 3.08. The Morgan fingerprint density at radius 2 is 1.96 bits per heavy atom. The maximum Gasteiger partial charge on any atom is 0.261 e. The molecule has 1 aliphatic heterocycles. The van der Waals surface area contributed by atoms with Crippen molar-refractivity contribution in [1.82, 2.24) is 15.2 Å². The largest absolute Gasteiger partial charge is 0.351 e. The number of nitrogens with one attached hydrogen (secondary N) is 2. The number of hydrogen-bond donors (Lipinski definition) is 2. The first-order valence-corrected chi connectivity index (χ1v) is 9.03. The van der Waals surface area contributed by atoms with Gasteiger partial charge in [0, 0.05) is 31.9 Å². The van der Waals surface area contributed by atoms with Crippen LogP contribution >= 0.6 is 0 Å². The first-order chi connectivity index (χ1) is 12.2. The molecule has 0 fully saturated rings. The van der Waals surface area contributed by atoms with Crippen molar-refractivity contribution in [3.05, 3.63) is 68.6 Å². The molecule has 2 N–H and O–H groups in total. The van der Waals surface area contributed by atoms with Gasteiger partial charge in [0.05, 0.1) is 0 Å². The van der Waals surface area contributed by atoms with Crippen molar-refractivity contribution in [2.45, 2.75) is 32.2 Å². The fourth-order valence-corrected chi connectivity index (χ4v) is 3.85. The minimum absolute atomic E-state index is 0.240. The van der Waals surface area contributed by atoms with Crippen LogP contribution in [0.3, 0.4) is 0 Å². The SMILES string of the molecule is O=C(NCCN1CCc2ccccc2C1)c1cc2c([nH]c1=O)CCC2. The van der Waals surface area contributed by atoms with E-state index in [2.05, 4.69) is 39.5 Å². The molecule has 0 radical (unpaired) electrons. The van der Waals surface area contributed by atoms with Crippen molar-refractivity contribution in [2.75, 3.05) is 19.6 Å². The second-order valence-electron chi connectivity index (χ2n) is 6.92. The molecule has 0 unspecified atom stereocenters. The van der Waals surface area contributed by atoms with Gasteiger partial charge in [0.1, 0.15) is 5.56 Å². The summed E-state index contributed by atoms with van der Waals surface area (Å²) in [5, 5.41) is 2.90. The number of fused-ring (bicyclic) bond motifs is 2. The molecule has 1 aromatic heterocycles. The highest BCUT2D eigenvalue weighted by Gasteiger charge is 2.19. The standard InChI is InChI=1S/C20H23N3O2/c24-19(17-12-15-6-3-7-18(15)22-20(17)25)21-9-11-23-10-8-14-4-1-2-5-16(14)13-23/h1-2,4-5,12H,3,6-11,13H2,(H,21,24)(H,22,25). The van der Waals surface area contributed by atoms with Crippen molar-refractivity contribution in [3.63, 3.8) is 0 Å². The van der Waals surface area contributed by atoms with E-state index in [1.54, 1.807) is 6.07 Å². The van der Waals surface area contributed by atoms with Gasteiger partial charge in [0.2, 0.25) is 0 Å². The van der Waals surface area contributed by atoms with E-state index in [-0.39, 0.29) is 17.0 Å². The molecule has 2 aromatic rings. The van der Waals surface area contributed by atoms with Crippen LogP contribution in [0.2, 0.25) is 0 Å². The van der Waals surface area contributed by atoms with E-state index in [0.29, 0.717) is 6.54 Å². The monoisotopic (exact) mass is 337 g/mol. The Morgan fingerprint density at radius 3 is 2.84 bits per heavy atom. The van der Waals surface area contributed by atoms with Crippen molar-refractivity contribution < 1.29 is 4.79 Å². The van der Waals surface area contributed by atoms with Crippen LogP contribution in [0.5, 0.6) is 0 Å². The third-order valence-electron chi connectivity index (χ3n) is 5.26. The lowest BCUT2D eigenvalue weighted by molar-refractivity contribution is 0.0945. The smallest absolute Gasteiger partial charge is 0.261 e. The molecule has 1 aromatic carbocycles. The normalized spacial score (nSPS) is 16.3. The van der Waals surface area contributed by atoms with E-state index in [1.165, 1.54) is 11.1 Å².